The van der Waals surface area contributed by atoms with E-state index in [1.54, 1.807) is 0 Å². The van der Waals surface area contributed by atoms with Crippen LogP contribution in [0.4, 0.5) is 8.78 Å². The number of phenols is 1. The molecule has 0 aliphatic heterocycles. The number of carbonyl (C=O) groups is 1. The maximum Gasteiger partial charge on any atom is 0.342 e. The summed E-state index contributed by atoms with van der Waals surface area (Å²) in [6, 6.07) is 0.740. The number of esters is 1. The first-order valence-electron chi connectivity index (χ1n) is 5.13. The zero-order chi connectivity index (χ0) is 13.9. The number of phenolic OH excluding ortho intramolecular Hbond substituents is 1. The van der Waals surface area contributed by atoms with E-state index in [1.165, 1.54) is 13.0 Å². The fraction of sp³-hybridized carbons (Fsp3) is 0.364. The summed E-state index contributed by atoms with van der Waals surface area (Å²) in [6.45, 7) is 1.52. The fourth-order valence-corrected chi connectivity index (χ4v) is 1.97. The van der Waals surface area contributed by atoms with Gasteiger partial charge in [-0.25, -0.2) is 13.6 Å². The van der Waals surface area contributed by atoms with Gasteiger partial charge >= 0.3 is 5.97 Å². The number of hydrogen-bond donors (Lipinski definition) is 2. The van der Waals surface area contributed by atoms with Crippen LogP contribution in [0.2, 0.25) is 0 Å². The molecule has 100 valence electrons. The Hall–Kier alpha value is -1.21. The molecule has 0 aromatic heterocycles. The Morgan fingerprint density at radius 1 is 1.61 bits per heavy atom. The molecule has 7 heteroatoms. The van der Waals surface area contributed by atoms with E-state index in [0.29, 0.717) is 0 Å². The largest absolute Gasteiger partial charge is 0.505 e. The Morgan fingerprint density at radius 2 is 2.22 bits per heavy atom. The van der Waals surface area contributed by atoms with E-state index < -0.39 is 29.7 Å². The summed E-state index contributed by atoms with van der Waals surface area (Å²) in [5.41, 5.74) is 5.30. The summed E-state index contributed by atoms with van der Waals surface area (Å²) in [6.07, 6.45) is -2.19. The number of alkyl halides is 1. The summed E-state index contributed by atoms with van der Waals surface area (Å²) in [4.78, 5) is 11.2. The first-order chi connectivity index (χ1) is 8.40. The van der Waals surface area contributed by atoms with Crippen molar-refractivity contribution in [3.63, 3.8) is 0 Å². The van der Waals surface area contributed by atoms with E-state index in [0.717, 1.165) is 6.07 Å². The van der Waals surface area contributed by atoms with Crippen LogP contribution in [0.1, 0.15) is 18.5 Å². The number of benzene rings is 1. The highest BCUT2D eigenvalue weighted by molar-refractivity contribution is 9.10. The van der Waals surface area contributed by atoms with Gasteiger partial charge in [0.05, 0.1) is 12.6 Å². The van der Waals surface area contributed by atoms with Gasteiger partial charge in [0.15, 0.2) is 11.6 Å². The van der Waals surface area contributed by atoms with E-state index in [4.69, 9.17) is 5.73 Å². The number of aromatic hydroxyl groups is 1. The summed E-state index contributed by atoms with van der Waals surface area (Å²) in [7, 11) is 0. The molecule has 0 fully saturated rings. The highest BCUT2D eigenvalue weighted by atomic mass is 79.9. The van der Waals surface area contributed by atoms with E-state index in [9.17, 15) is 18.7 Å². The van der Waals surface area contributed by atoms with Crippen LogP contribution in [0.25, 0.3) is 0 Å². The molecule has 3 N–H and O–H groups in total. The second-order valence-corrected chi connectivity index (χ2v) is 4.33. The van der Waals surface area contributed by atoms with Crippen LogP contribution in [-0.2, 0) is 9.53 Å². The minimum absolute atomic E-state index is 0.00226. The molecule has 0 saturated heterocycles. The molecule has 18 heavy (non-hydrogen) atoms. The zero-order valence-electron chi connectivity index (χ0n) is 9.49. The highest BCUT2D eigenvalue weighted by Crippen LogP contribution is 2.35. The van der Waals surface area contributed by atoms with Crippen LogP contribution in [0.5, 0.6) is 5.75 Å². The molecule has 1 aromatic rings. The number of ether oxygens (including phenoxy) is 1. The van der Waals surface area contributed by atoms with Gasteiger partial charge in [0.2, 0.25) is 6.17 Å². The van der Waals surface area contributed by atoms with Gasteiger partial charge in [-0.05, 0) is 19.1 Å². The minimum Gasteiger partial charge on any atom is -0.505 e. The van der Waals surface area contributed by atoms with Crippen LogP contribution in [-0.4, -0.2) is 23.9 Å². The number of halogens is 3. The summed E-state index contributed by atoms with van der Waals surface area (Å²) >= 11 is 3.01. The zero-order valence-corrected chi connectivity index (χ0v) is 11.1. The molecular weight excluding hydrogens is 312 g/mol. The third-order valence-electron chi connectivity index (χ3n) is 2.28. The van der Waals surface area contributed by atoms with E-state index in [1.807, 2.05) is 0 Å². The van der Waals surface area contributed by atoms with Crippen LogP contribution < -0.4 is 5.73 Å². The number of carbonyl (C=O) groups excluding carboxylic acids is 1. The van der Waals surface area contributed by atoms with Crippen LogP contribution >= 0.6 is 15.9 Å². The maximum atomic E-state index is 13.7. The van der Waals surface area contributed by atoms with Crippen molar-refractivity contribution < 1.29 is 23.4 Å². The van der Waals surface area contributed by atoms with E-state index in [2.05, 4.69) is 20.7 Å². The first-order valence-corrected chi connectivity index (χ1v) is 5.92. The van der Waals surface area contributed by atoms with Gasteiger partial charge in [0.1, 0.15) is 0 Å². The van der Waals surface area contributed by atoms with Crippen LogP contribution in [0.3, 0.4) is 0 Å². The van der Waals surface area contributed by atoms with Crippen LogP contribution in [0.15, 0.2) is 16.6 Å². The lowest BCUT2D eigenvalue weighted by Crippen LogP contribution is -2.32. The summed E-state index contributed by atoms with van der Waals surface area (Å²) < 4.78 is 31.5. The molecule has 0 saturated carbocycles. The van der Waals surface area contributed by atoms with E-state index in [-0.39, 0.29) is 16.6 Å². The number of rotatable bonds is 4. The molecular formula is C11H12BrF2NO3. The SMILES string of the molecule is CCOC(=O)C(F)[C@H](N)c1c(Br)ccc(F)c1O. The number of hydrogen-bond acceptors (Lipinski definition) is 4. The van der Waals surface area contributed by atoms with Crippen molar-refractivity contribution >= 4 is 21.9 Å². The van der Waals surface area contributed by atoms with Crippen molar-refractivity contribution in [2.75, 3.05) is 6.61 Å². The average Bonchev–Trinajstić information content (AvgIpc) is 2.33. The molecule has 0 radical (unpaired) electrons. The second-order valence-electron chi connectivity index (χ2n) is 3.47. The summed E-state index contributed by atoms with van der Waals surface area (Å²) in [5.74, 6) is -2.89. The Kier molecular flexibility index (Phi) is 5.03. The third kappa shape index (κ3) is 2.97. The molecule has 2 atom stereocenters. The lowest BCUT2D eigenvalue weighted by Gasteiger charge is -2.18. The van der Waals surface area contributed by atoms with Crippen molar-refractivity contribution in [2.24, 2.45) is 5.73 Å². The quantitative estimate of drug-likeness (QED) is 0.833. The molecule has 0 spiro atoms. The number of nitrogens with two attached hydrogens (primary N) is 1. The lowest BCUT2D eigenvalue weighted by atomic mass is 10.0. The lowest BCUT2D eigenvalue weighted by molar-refractivity contribution is -0.149. The van der Waals surface area contributed by atoms with Gasteiger partial charge in [-0.1, -0.05) is 15.9 Å². The smallest absolute Gasteiger partial charge is 0.342 e. The maximum absolute atomic E-state index is 13.7. The molecule has 1 rings (SSSR count). The van der Waals surface area contributed by atoms with Gasteiger partial charge < -0.3 is 15.6 Å². The standard InChI is InChI=1S/C11H12BrF2NO3/c1-2-18-11(17)8(14)9(15)7-5(12)3-4-6(13)10(7)16/h3-4,8-9,16H,2,15H2,1H3/t8?,9-/m1/s1. The molecule has 0 aliphatic carbocycles. The molecule has 0 amide bonds. The molecule has 0 bridgehead atoms. The molecule has 1 unspecified atom stereocenters. The highest BCUT2D eigenvalue weighted by Gasteiger charge is 2.31. The predicted octanol–water partition coefficient (Wildman–Crippen LogP) is 2.19. The minimum atomic E-state index is -2.19. The Labute approximate surface area is 111 Å². The van der Waals surface area contributed by atoms with E-state index >= 15 is 0 Å². The Morgan fingerprint density at radius 3 is 2.78 bits per heavy atom. The monoisotopic (exact) mass is 323 g/mol. The Bertz CT molecular complexity index is 456. The van der Waals surface area contributed by atoms with Gasteiger partial charge in [0, 0.05) is 10.0 Å². The van der Waals surface area contributed by atoms with Crippen molar-refractivity contribution in [1.82, 2.24) is 0 Å². The van der Waals surface area contributed by atoms with Crippen molar-refractivity contribution in [3.8, 4) is 5.75 Å². The van der Waals surface area contributed by atoms with Gasteiger partial charge in [-0.15, -0.1) is 0 Å². The third-order valence-corrected chi connectivity index (χ3v) is 2.97. The van der Waals surface area contributed by atoms with Gasteiger partial charge in [0.25, 0.3) is 0 Å². The van der Waals surface area contributed by atoms with Crippen molar-refractivity contribution in [2.45, 2.75) is 19.1 Å². The fourth-order valence-electron chi connectivity index (χ4n) is 1.39. The molecule has 0 heterocycles. The Balaban J connectivity index is 3.07. The second kappa shape index (κ2) is 6.10. The van der Waals surface area contributed by atoms with Crippen molar-refractivity contribution in [1.29, 1.82) is 0 Å². The molecule has 1 aromatic carbocycles. The average molecular weight is 324 g/mol. The summed E-state index contributed by atoms with van der Waals surface area (Å²) in [5, 5.41) is 9.51. The molecule has 4 nitrogen and oxygen atoms in total. The molecule has 0 aliphatic rings. The normalized spacial score (nSPS) is 14.1. The predicted molar refractivity (Wildman–Crippen MR) is 64.2 cm³/mol. The van der Waals surface area contributed by atoms with Crippen LogP contribution in [0, 0.1) is 5.82 Å². The van der Waals surface area contributed by atoms with Crippen molar-refractivity contribution in [3.05, 3.63) is 28.0 Å². The van der Waals surface area contributed by atoms with Gasteiger partial charge in [-0.2, -0.15) is 0 Å². The van der Waals surface area contributed by atoms with Gasteiger partial charge in [-0.3, -0.25) is 0 Å². The first kappa shape index (κ1) is 14.8. The topological polar surface area (TPSA) is 72.5 Å².